The van der Waals surface area contributed by atoms with E-state index in [1.54, 1.807) is 11.3 Å². The molecule has 2 heteroatoms. The van der Waals surface area contributed by atoms with Crippen LogP contribution in [0.3, 0.4) is 0 Å². The van der Waals surface area contributed by atoms with Crippen LogP contribution >= 0.6 is 11.3 Å². The molecule has 2 aliphatic carbocycles. The summed E-state index contributed by atoms with van der Waals surface area (Å²) in [5.41, 5.74) is 1.34. The minimum absolute atomic E-state index is 0.387. The monoisotopic (exact) mass is 276 g/mol. The van der Waals surface area contributed by atoms with E-state index in [2.05, 4.69) is 16.8 Å². The zero-order chi connectivity index (χ0) is 13.1. The molecule has 0 amide bonds. The fourth-order valence-electron chi connectivity index (χ4n) is 4.07. The summed E-state index contributed by atoms with van der Waals surface area (Å²) < 4.78 is 0. The maximum absolute atomic E-state index is 12.4. The van der Waals surface area contributed by atoms with Crippen molar-refractivity contribution < 1.29 is 4.79 Å². The van der Waals surface area contributed by atoms with E-state index in [0.717, 1.165) is 24.7 Å². The van der Waals surface area contributed by atoms with Crippen molar-refractivity contribution >= 4 is 17.1 Å². The van der Waals surface area contributed by atoms with Crippen molar-refractivity contribution in [1.82, 2.24) is 0 Å². The summed E-state index contributed by atoms with van der Waals surface area (Å²) in [7, 11) is 0. The van der Waals surface area contributed by atoms with Crippen LogP contribution in [-0.2, 0) is 11.2 Å². The van der Waals surface area contributed by atoms with Crippen LogP contribution in [0.2, 0.25) is 0 Å². The van der Waals surface area contributed by atoms with Crippen molar-refractivity contribution in [2.24, 2.45) is 17.8 Å². The predicted molar refractivity (Wildman–Crippen MR) is 80.4 cm³/mol. The maximum atomic E-state index is 12.4. The molecule has 0 bridgehead atoms. The third-order valence-electron chi connectivity index (χ3n) is 5.24. The van der Waals surface area contributed by atoms with Crippen LogP contribution in [0.15, 0.2) is 16.8 Å². The molecular weight excluding hydrogens is 252 g/mol. The van der Waals surface area contributed by atoms with Gasteiger partial charge in [-0.2, -0.15) is 11.3 Å². The molecular formula is C17H24OS. The van der Waals surface area contributed by atoms with Crippen LogP contribution < -0.4 is 0 Å². The summed E-state index contributed by atoms with van der Waals surface area (Å²) in [5, 5.41) is 4.28. The number of rotatable bonds is 4. The van der Waals surface area contributed by atoms with Crippen molar-refractivity contribution in [3.05, 3.63) is 22.4 Å². The van der Waals surface area contributed by atoms with Gasteiger partial charge in [-0.3, -0.25) is 4.79 Å². The third-order valence-corrected chi connectivity index (χ3v) is 5.97. The van der Waals surface area contributed by atoms with Gasteiger partial charge in [-0.15, -0.1) is 0 Å². The molecule has 0 N–H and O–H groups in total. The number of carbonyl (C=O) groups excluding carboxylic acids is 1. The summed E-state index contributed by atoms with van der Waals surface area (Å²) in [5.74, 6) is 2.75. The average Bonchev–Trinajstić information content (AvgIpc) is 2.97. The first-order chi connectivity index (χ1) is 9.33. The average molecular weight is 276 g/mol. The Bertz CT molecular complexity index is 409. The quantitative estimate of drug-likeness (QED) is 0.768. The van der Waals surface area contributed by atoms with Crippen LogP contribution in [0.25, 0.3) is 0 Å². The van der Waals surface area contributed by atoms with Gasteiger partial charge < -0.3 is 0 Å². The minimum Gasteiger partial charge on any atom is -0.299 e. The van der Waals surface area contributed by atoms with E-state index in [1.165, 1.54) is 50.5 Å². The van der Waals surface area contributed by atoms with Gasteiger partial charge in [-0.1, -0.05) is 25.7 Å². The van der Waals surface area contributed by atoms with Crippen molar-refractivity contribution in [3.8, 4) is 0 Å². The summed E-state index contributed by atoms with van der Waals surface area (Å²) in [6.45, 7) is 0. The topological polar surface area (TPSA) is 17.1 Å². The Morgan fingerprint density at radius 1 is 1.16 bits per heavy atom. The molecule has 0 spiro atoms. The second-order valence-corrected chi connectivity index (χ2v) is 7.19. The van der Waals surface area contributed by atoms with E-state index in [4.69, 9.17) is 0 Å². The van der Waals surface area contributed by atoms with Crippen LogP contribution in [0.1, 0.15) is 56.9 Å². The van der Waals surface area contributed by atoms with Crippen molar-refractivity contribution in [1.29, 1.82) is 0 Å². The lowest BCUT2D eigenvalue weighted by Crippen LogP contribution is -2.31. The molecule has 2 saturated carbocycles. The molecule has 0 aliphatic heterocycles. The molecule has 3 rings (SSSR count). The molecule has 1 aromatic rings. The predicted octanol–water partition coefficient (Wildman–Crippen LogP) is 4.86. The van der Waals surface area contributed by atoms with Crippen LogP contribution in [0.5, 0.6) is 0 Å². The molecule has 104 valence electrons. The molecule has 2 fully saturated rings. The third kappa shape index (κ3) is 3.28. The van der Waals surface area contributed by atoms with Crippen molar-refractivity contribution in [3.63, 3.8) is 0 Å². The van der Waals surface area contributed by atoms with Gasteiger partial charge in [0.1, 0.15) is 5.78 Å². The molecule has 2 aliphatic rings. The number of fused-ring (bicyclic) bond motifs is 1. The zero-order valence-corrected chi connectivity index (χ0v) is 12.5. The smallest absolute Gasteiger partial charge is 0.136 e. The Hall–Kier alpha value is -0.630. The number of hydrogen-bond donors (Lipinski definition) is 0. The summed E-state index contributed by atoms with van der Waals surface area (Å²) in [4.78, 5) is 12.4. The SMILES string of the molecule is O=C(CCc1ccsc1)C1CCC2CCCCC2C1. The fourth-order valence-corrected chi connectivity index (χ4v) is 4.78. The first kappa shape index (κ1) is 13.4. The van der Waals surface area contributed by atoms with Crippen molar-refractivity contribution in [2.75, 3.05) is 0 Å². The van der Waals surface area contributed by atoms with E-state index in [9.17, 15) is 4.79 Å². The molecule has 1 aromatic heterocycles. The van der Waals surface area contributed by atoms with E-state index >= 15 is 0 Å². The Morgan fingerprint density at radius 3 is 2.79 bits per heavy atom. The Labute approximate surface area is 120 Å². The van der Waals surface area contributed by atoms with Gasteiger partial charge in [0.05, 0.1) is 0 Å². The largest absolute Gasteiger partial charge is 0.299 e. The minimum atomic E-state index is 0.387. The van der Waals surface area contributed by atoms with Crippen molar-refractivity contribution in [2.45, 2.75) is 57.8 Å². The van der Waals surface area contributed by atoms with Crippen LogP contribution in [0.4, 0.5) is 0 Å². The highest BCUT2D eigenvalue weighted by atomic mass is 32.1. The van der Waals surface area contributed by atoms with E-state index in [-0.39, 0.29) is 0 Å². The molecule has 3 unspecified atom stereocenters. The van der Waals surface area contributed by atoms with Gasteiger partial charge in [0.2, 0.25) is 0 Å². The lowest BCUT2D eigenvalue weighted by atomic mass is 9.66. The molecule has 3 atom stereocenters. The van der Waals surface area contributed by atoms with E-state index in [1.807, 2.05) is 0 Å². The Balaban J connectivity index is 1.50. The second kappa shape index (κ2) is 6.21. The summed E-state index contributed by atoms with van der Waals surface area (Å²) in [6, 6.07) is 2.15. The van der Waals surface area contributed by atoms with Gasteiger partial charge >= 0.3 is 0 Å². The first-order valence-corrected chi connectivity index (χ1v) is 8.81. The first-order valence-electron chi connectivity index (χ1n) is 7.86. The highest BCUT2D eigenvalue weighted by Gasteiger charge is 2.34. The van der Waals surface area contributed by atoms with Gasteiger partial charge in [-0.25, -0.2) is 0 Å². The highest BCUT2D eigenvalue weighted by molar-refractivity contribution is 7.07. The second-order valence-electron chi connectivity index (χ2n) is 6.41. The molecule has 0 aromatic carbocycles. The standard InChI is InChI=1S/C17H24OS/c18-17(8-5-13-9-10-19-12-13)16-7-6-14-3-1-2-4-15(14)11-16/h9-10,12,14-16H,1-8,11H2. The molecule has 1 heterocycles. The van der Waals surface area contributed by atoms with E-state index < -0.39 is 0 Å². The zero-order valence-electron chi connectivity index (χ0n) is 11.6. The number of Topliss-reactive ketones (excluding diaryl/α,β-unsaturated/α-hetero) is 1. The van der Waals surface area contributed by atoms with Crippen LogP contribution in [0, 0.1) is 17.8 Å². The number of carbonyl (C=O) groups is 1. The molecule has 0 radical (unpaired) electrons. The summed E-state index contributed by atoms with van der Waals surface area (Å²) >= 11 is 1.73. The van der Waals surface area contributed by atoms with Gasteiger partial charge in [-0.05, 0) is 59.9 Å². The molecule has 0 saturated heterocycles. The van der Waals surface area contributed by atoms with Gasteiger partial charge in [0.15, 0.2) is 0 Å². The normalized spacial score (nSPS) is 30.8. The van der Waals surface area contributed by atoms with Gasteiger partial charge in [0, 0.05) is 12.3 Å². The summed E-state index contributed by atoms with van der Waals surface area (Å²) in [6.07, 6.45) is 11.1. The lowest BCUT2D eigenvalue weighted by molar-refractivity contribution is -0.125. The Morgan fingerprint density at radius 2 is 2.00 bits per heavy atom. The molecule has 1 nitrogen and oxygen atoms in total. The molecule has 19 heavy (non-hydrogen) atoms. The number of aryl methyl sites for hydroxylation is 1. The fraction of sp³-hybridized carbons (Fsp3) is 0.706. The highest BCUT2D eigenvalue weighted by Crippen LogP contribution is 2.43. The van der Waals surface area contributed by atoms with Crippen LogP contribution in [-0.4, -0.2) is 5.78 Å². The van der Waals surface area contributed by atoms with E-state index in [0.29, 0.717) is 11.7 Å². The number of hydrogen-bond acceptors (Lipinski definition) is 2. The maximum Gasteiger partial charge on any atom is 0.136 e. The lowest BCUT2D eigenvalue weighted by Gasteiger charge is -2.38. The Kier molecular flexibility index (Phi) is 4.37. The number of ketones is 1. The van der Waals surface area contributed by atoms with Gasteiger partial charge in [0.25, 0.3) is 0 Å². The number of thiophene rings is 1.